The van der Waals surface area contributed by atoms with Crippen LogP contribution in [0, 0.1) is 0 Å². The molecule has 0 aliphatic carbocycles. The highest BCUT2D eigenvalue weighted by Crippen LogP contribution is 2.06. The van der Waals surface area contributed by atoms with E-state index in [1.54, 1.807) is 0 Å². The summed E-state index contributed by atoms with van der Waals surface area (Å²) < 4.78 is 30.8. The van der Waals surface area contributed by atoms with E-state index < -0.39 is 16.3 Å². The van der Waals surface area contributed by atoms with Gasteiger partial charge >= 0.3 is 16.3 Å². The number of hydrogen-bond acceptors (Lipinski definition) is 5. The summed E-state index contributed by atoms with van der Waals surface area (Å²) in [6.45, 7) is 2.96. The quantitative estimate of drug-likeness (QED) is 0.710. The average Bonchev–Trinajstić information content (AvgIpc) is 2.29. The normalized spacial score (nSPS) is 18.9. The van der Waals surface area contributed by atoms with Gasteiger partial charge in [-0.05, 0) is 0 Å². The van der Waals surface area contributed by atoms with Gasteiger partial charge in [0.2, 0.25) is 0 Å². The van der Waals surface area contributed by atoms with Crippen molar-refractivity contribution in [2.75, 3.05) is 45.2 Å². The molecule has 0 bridgehead atoms. The molecule has 1 aliphatic rings. The molecule has 1 rings (SSSR count). The van der Waals surface area contributed by atoms with E-state index in [0.717, 1.165) is 19.0 Å². The second-order valence-corrected chi connectivity index (χ2v) is 5.99. The molecule has 0 radical (unpaired) electrons. The molecule has 0 saturated carbocycles. The molecule has 0 spiro atoms. The molecule has 0 aromatic heterocycles. The van der Waals surface area contributed by atoms with Gasteiger partial charge in [-0.25, -0.2) is 9.52 Å². The zero-order valence-corrected chi connectivity index (χ0v) is 12.0. The second kappa shape index (κ2) is 6.53. The Morgan fingerprint density at radius 1 is 1.35 bits per heavy atom. The van der Waals surface area contributed by atoms with Crippen molar-refractivity contribution in [1.29, 1.82) is 0 Å². The van der Waals surface area contributed by atoms with Crippen LogP contribution in [-0.2, 0) is 14.9 Å². The van der Waals surface area contributed by atoms with Crippen molar-refractivity contribution in [3.05, 3.63) is 0 Å². The van der Waals surface area contributed by atoms with Crippen LogP contribution in [0.25, 0.3) is 0 Å². The van der Waals surface area contributed by atoms with E-state index in [9.17, 15) is 13.2 Å². The molecule has 1 saturated heterocycles. The van der Waals surface area contributed by atoms with Gasteiger partial charge in [0, 0.05) is 38.1 Å². The van der Waals surface area contributed by atoms with Gasteiger partial charge in [-0.1, -0.05) is 15.9 Å². The standard InChI is InChI=1S/C8H16BrN3O4S/c1-16-8(13)10-17(14,15)12-6-4-11(3-2-9)5-7-12/h2-7H2,1H3,(H,10,13). The van der Waals surface area contributed by atoms with Crippen LogP contribution in [0.4, 0.5) is 4.79 Å². The molecule has 0 aromatic rings. The predicted octanol–water partition coefficient (Wildman–Crippen LogP) is -0.400. The van der Waals surface area contributed by atoms with Crippen molar-refractivity contribution < 1.29 is 17.9 Å². The van der Waals surface area contributed by atoms with Crippen LogP contribution in [0.2, 0.25) is 0 Å². The summed E-state index contributed by atoms with van der Waals surface area (Å²) in [5, 5.41) is 0.861. The molecule has 0 aromatic carbocycles. The molecule has 1 aliphatic heterocycles. The Kier molecular flexibility index (Phi) is 5.63. The summed E-state index contributed by atoms with van der Waals surface area (Å²) in [6, 6.07) is 0. The van der Waals surface area contributed by atoms with E-state index in [0.29, 0.717) is 26.2 Å². The minimum absolute atomic E-state index is 0.374. The van der Waals surface area contributed by atoms with Crippen LogP contribution in [0.1, 0.15) is 0 Å². The topological polar surface area (TPSA) is 78.9 Å². The largest absolute Gasteiger partial charge is 0.452 e. The van der Waals surface area contributed by atoms with Gasteiger partial charge in [-0.2, -0.15) is 12.7 Å². The molecule has 1 heterocycles. The smallest absolute Gasteiger partial charge is 0.421 e. The highest BCUT2D eigenvalue weighted by Gasteiger charge is 2.28. The Hall–Kier alpha value is -0.380. The highest BCUT2D eigenvalue weighted by atomic mass is 79.9. The number of rotatable bonds is 4. The van der Waals surface area contributed by atoms with Crippen molar-refractivity contribution in [2.45, 2.75) is 0 Å². The fourth-order valence-corrected chi connectivity index (χ4v) is 3.09. The first-order valence-corrected chi connectivity index (χ1v) is 7.70. The lowest BCUT2D eigenvalue weighted by Gasteiger charge is -2.33. The van der Waals surface area contributed by atoms with Crippen molar-refractivity contribution in [1.82, 2.24) is 13.9 Å². The molecule has 1 fully saturated rings. The van der Waals surface area contributed by atoms with E-state index in [2.05, 4.69) is 25.6 Å². The van der Waals surface area contributed by atoms with Crippen LogP contribution in [0.5, 0.6) is 0 Å². The number of piperazine rings is 1. The van der Waals surface area contributed by atoms with Crippen molar-refractivity contribution >= 4 is 32.2 Å². The Morgan fingerprint density at radius 3 is 2.41 bits per heavy atom. The maximum atomic E-state index is 11.7. The van der Waals surface area contributed by atoms with Crippen LogP contribution < -0.4 is 4.72 Å². The Morgan fingerprint density at radius 2 is 1.94 bits per heavy atom. The highest BCUT2D eigenvalue weighted by molar-refractivity contribution is 9.09. The summed E-state index contributed by atoms with van der Waals surface area (Å²) >= 11 is 3.33. The number of carbonyl (C=O) groups excluding carboxylic acids is 1. The van der Waals surface area contributed by atoms with Gasteiger partial charge in [0.25, 0.3) is 0 Å². The number of alkyl halides is 1. The number of nitrogens with zero attached hydrogens (tertiary/aromatic N) is 2. The fraction of sp³-hybridized carbons (Fsp3) is 0.875. The third kappa shape index (κ3) is 4.41. The molecule has 7 nitrogen and oxygen atoms in total. The number of carbonyl (C=O) groups is 1. The van der Waals surface area contributed by atoms with Crippen molar-refractivity contribution in [3.8, 4) is 0 Å². The lowest BCUT2D eigenvalue weighted by atomic mass is 10.4. The van der Waals surface area contributed by atoms with E-state index in [4.69, 9.17) is 0 Å². The lowest BCUT2D eigenvalue weighted by molar-refractivity contribution is 0.173. The van der Waals surface area contributed by atoms with Crippen molar-refractivity contribution in [3.63, 3.8) is 0 Å². The number of ether oxygens (including phenoxy) is 1. The number of halogens is 1. The fourth-order valence-electron chi connectivity index (χ4n) is 1.52. The Bertz CT molecular complexity index is 354. The van der Waals surface area contributed by atoms with Gasteiger partial charge in [-0.3, -0.25) is 4.90 Å². The average molecular weight is 330 g/mol. The van der Waals surface area contributed by atoms with Gasteiger partial charge in [0.05, 0.1) is 7.11 Å². The minimum Gasteiger partial charge on any atom is -0.452 e. The summed E-state index contributed by atoms with van der Waals surface area (Å²) in [6.07, 6.45) is -0.965. The maximum absolute atomic E-state index is 11.7. The van der Waals surface area contributed by atoms with E-state index in [1.807, 2.05) is 4.72 Å². The SMILES string of the molecule is COC(=O)NS(=O)(=O)N1CCN(CCBr)CC1. The summed E-state index contributed by atoms with van der Waals surface area (Å²) in [5.41, 5.74) is 0. The first-order chi connectivity index (χ1) is 7.99. The van der Waals surface area contributed by atoms with Crippen LogP contribution in [0.15, 0.2) is 0 Å². The first-order valence-electron chi connectivity index (χ1n) is 5.13. The molecule has 1 amide bonds. The van der Waals surface area contributed by atoms with Crippen LogP contribution >= 0.6 is 15.9 Å². The molecule has 17 heavy (non-hydrogen) atoms. The van der Waals surface area contributed by atoms with Gasteiger partial charge in [0.15, 0.2) is 0 Å². The molecule has 100 valence electrons. The number of hydrogen-bond donors (Lipinski definition) is 1. The first kappa shape index (κ1) is 14.7. The third-order valence-corrected chi connectivity index (χ3v) is 4.29. The van der Waals surface area contributed by atoms with Crippen molar-refractivity contribution in [2.24, 2.45) is 0 Å². The summed E-state index contributed by atoms with van der Waals surface area (Å²) in [4.78, 5) is 13.0. The maximum Gasteiger partial charge on any atom is 0.421 e. The third-order valence-electron chi connectivity index (χ3n) is 2.47. The number of nitrogens with one attached hydrogen (secondary N) is 1. The number of methoxy groups -OCH3 is 1. The lowest BCUT2D eigenvalue weighted by Crippen LogP contribution is -2.53. The van der Waals surface area contributed by atoms with Crippen LogP contribution in [-0.4, -0.2) is 68.9 Å². The monoisotopic (exact) mass is 329 g/mol. The second-order valence-electron chi connectivity index (χ2n) is 3.53. The Balaban J connectivity index is 2.50. The van der Waals surface area contributed by atoms with E-state index in [-0.39, 0.29) is 0 Å². The molecule has 0 atom stereocenters. The molecular weight excluding hydrogens is 314 g/mol. The van der Waals surface area contributed by atoms with Crippen LogP contribution in [0.3, 0.4) is 0 Å². The van der Waals surface area contributed by atoms with E-state index >= 15 is 0 Å². The molecule has 0 unspecified atom stereocenters. The minimum atomic E-state index is -3.76. The zero-order chi connectivity index (χ0) is 12.9. The number of amides is 1. The zero-order valence-electron chi connectivity index (χ0n) is 9.56. The summed E-state index contributed by atoms with van der Waals surface area (Å²) in [5.74, 6) is 0. The molecule has 1 N–H and O–H groups in total. The summed E-state index contributed by atoms with van der Waals surface area (Å²) in [7, 11) is -2.64. The molecular formula is C8H16BrN3O4S. The Labute approximate surface area is 109 Å². The van der Waals surface area contributed by atoms with E-state index in [1.165, 1.54) is 4.31 Å². The van der Waals surface area contributed by atoms with Gasteiger partial charge in [-0.15, -0.1) is 0 Å². The van der Waals surface area contributed by atoms with Gasteiger partial charge < -0.3 is 4.74 Å². The predicted molar refractivity (Wildman–Crippen MR) is 66.3 cm³/mol. The van der Waals surface area contributed by atoms with Gasteiger partial charge in [0.1, 0.15) is 0 Å². The molecule has 9 heteroatoms.